The van der Waals surface area contributed by atoms with Gasteiger partial charge in [-0.05, 0) is 17.7 Å². The number of benzene rings is 1. The first kappa shape index (κ1) is 13.8. The summed E-state index contributed by atoms with van der Waals surface area (Å²) in [6.45, 7) is 0. The van der Waals surface area contributed by atoms with Crippen LogP contribution in [0.4, 0.5) is 0 Å². The molecule has 0 saturated heterocycles. The second kappa shape index (κ2) is 4.50. The molecule has 7 heteroatoms. The molecule has 1 N–H and O–H groups in total. The van der Waals surface area contributed by atoms with E-state index in [1.165, 1.54) is 9.13 Å². The number of aliphatic hydroxyl groups excluding tert-OH is 1. The minimum Gasteiger partial charge on any atom is -0.387 e. The largest absolute Gasteiger partial charge is 0.387 e. The molecule has 0 fully saturated rings. The minimum absolute atomic E-state index is 0.162. The van der Waals surface area contributed by atoms with Gasteiger partial charge in [0, 0.05) is 20.4 Å². The molecule has 0 aliphatic heterocycles. The van der Waals surface area contributed by atoms with Gasteiger partial charge in [-0.1, -0.05) is 6.07 Å². The van der Waals surface area contributed by atoms with E-state index in [2.05, 4.69) is 0 Å². The van der Waals surface area contributed by atoms with Crippen LogP contribution in [0.2, 0.25) is 0 Å². The molecular formula is C12H16N2O4S. The van der Waals surface area contributed by atoms with E-state index in [-0.39, 0.29) is 11.4 Å². The maximum absolute atomic E-state index is 11.8. The Hall–Kier alpha value is -1.60. The van der Waals surface area contributed by atoms with Crippen molar-refractivity contribution in [1.29, 1.82) is 0 Å². The van der Waals surface area contributed by atoms with Crippen LogP contribution in [0.15, 0.2) is 23.0 Å². The summed E-state index contributed by atoms with van der Waals surface area (Å²) in [6.07, 6.45) is -0.0118. The van der Waals surface area contributed by atoms with Gasteiger partial charge >= 0.3 is 5.69 Å². The monoisotopic (exact) mass is 284 g/mol. The van der Waals surface area contributed by atoms with Crippen LogP contribution in [0, 0.1) is 0 Å². The molecule has 1 aromatic carbocycles. The number of aliphatic hydroxyl groups is 1. The first-order chi connectivity index (χ1) is 8.70. The Bertz CT molecular complexity index is 786. The van der Waals surface area contributed by atoms with Gasteiger partial charge in [-0.3, -0.25) is 9.13 Å². The van der Waals surface area contributed by atoms with E-state index < -0.39 is 15.9 Å². The maximum atomic E-state index is 11.8. The standard InChI is InChI=1S/C12H16N2O4S/c1-13-9-5-4-8(11(15)7-19(3,17)18)6-10(9)14(2)12(13)16/h4-6,11,15H,7H2,1-3H3. The van der Waals surface area contributed by atoms with Crippen molar-refractivity contribution in [2.24, 2.45) is 14.1 Å². The molecule has 0 bridgehead atoms. The lowest BCUT2D eigenvalue weighted by Gasteiger charge is -2.10. The van der Waals surface area contributed by atoms with E-state index in [9.17, 15) is 18.3 Å². The van der Waals surface area contributed by atoms with E-state index in [1.807, 2.05) is 0 Å². The predicted octanol–water partition coefficient (Wildman–Crippen LogP) is -0.0450. The fraction of sp³-hybridized carbons (Fsp3) is 0.417. The second-order valence-corrected chi connectivity index (χ2v) is 6.94. The Morgan fingerprint density at radius 3 is 2.37 bits per heavy atom. The highest BCUT2D eigenvalue weighted by Gasteiger charge is 2.16. The van der Waals surface area contributed by atoms with Crippen molar-refractivity contribution in [3.05, 3.63) is 34.2 Å². The summed E-state index contributed by atoms with van der Waals surface area (Å²) in [5.74, 6) is -0.334. The van der Waals surface area contributed by atoms with Gasteiger partial charge in [0.2, 0.25) is 0 Å². The zero-order valence-electron chi connectivity index (χ0n) is 11.0. The van der Waals surface area contributed by atoms with Crippen LogP contribution < -0.4 is 5.69 Å². The highest BCUT2D eigenvalue weighted by molar-refractivity contribution is 7.90. The number of hydrogen-bond donors (Lipinski definition) is 1. The van der Waals surface area contributed by atoms with Crippen molar-refractivity contribution in [3.8, 4) is 0 Å². The lowest BCUT2D eigenvalue weighted by Crippen LogP contribution is -2.19. The van der Waals surface area contributed by atoms with Crippen molar-refractivity contribution in [3.63, 3.8) is 0 Å². The van der Waals surface area contributed by atoms with Crippen molar-refractivity contribution in [2.45, 2.75) is 6.10 Å². The van der Waals surface area contributed by atoms with Crippen LogP contribution in [0.1, 0.15) is 11.7 Å². The molecule has 0 amide bonds. The number of aromatic nitrogens is 2. The highest BCUT2D eigenvalue weighted by Crippen LogP contribution is 2.20. The molecule has 0 saturated carbocycles. The van der Waals surface area contributed by atoms with Crippen molar-refractivity contribution < 1.29 is 13.5 Å². The third-order valence-electron chi connectivity index (χ3n) is 3.14. The van der Waals surface area contributed by atoms with E-state index in [0.717, 1.165) is 11.8 Å². The number of nitrogens with zero attached hydrogens (tertiary/aromatic N) is 2. The summed E-state index contributed by atoms with van der Waals surface area (Å²) in [5, 5.41) is 9.91. The number of imidazole rings is 1. The maximum Gasteiger partial charge on any atom is 0.328 e. The number of rotatable bonds is 3. The Labute approximate surface area is 110 Å². The summed E-state index contributed by atoms with van der Waals surface area (Å²) in [7, 11) is 0.0387. The Morgan fingerprint density at radius 1 is 1.21 bits per heavy atom. The molecule has 0 radical (unpaired) electrons. The van der Waals surface area contributed by atoms with Crippen LogP contribution >= 0.6 is 0 Å². The second-order valence-electron chi connectivity index (χ2n) is 4.76. The van der Waals surface area contributed by atoms with Gasteiger partial charge in [0.1, 0.15) is 9.84 Å². The molecule has 1 atom stereocenters. The number of fused-ring (bicyclic) bond motifs is 1. The molecule has 104 valence electrons. The molecule has 2 aromatic rings. The van der Waals surface area contributed by atoms with Gasteiger partial charge in [-0.25, -0.2) is 13.2 Å². The number of hydrogen-bond acceptors (Lipinski definition) is 4. The fourth-order valence-corrected chi connectivity index (χ4v) is 2.88. The van der Waals surface area contributed by atoms with Crippen LogP contribution in [0.5, 0.6) is 0 Å². The van der Waals surface area contributed by atoms with E-state index in [0.29, 0.717) is 11.1 Å². The summed E-state index contributed by atoms with van der Waals surface area (Å²) >= 11 is 0. The van der Waals surface area contributed by atoms with Gasteiger partial charge in [0.25, 0.3) is 0 Å². The van der Waals surface area contributed by atoms with E-state index in [4.69, 9.17) is 0 Å². The fourth-order valence-electron chi connectivity index (χ4n) is 2.11. The van der Waals surface area contributed by atoms with E-state index in [1.54, 1.807) is 32.3 Å². The summed E-state index contributed by atoms with van der Waals surface area (Å²) < 4.78 is 25.3. The molecule has 19 heavy (non-hydrogen) atoms. The Balaban J connectivity index is 2.53. The zero-order chi connectivity index (χ0) is 14.4. The van der Waals surface area contributed by atoms with Gasteiger partial charge in [0.15, 0.2) is 0 Å². The molecule has 6 nitrogen and oxygen atoms in total. The molecule has 1 heterocycles. The lowest BCUT2D eigenvalue weighted by molar-refractivity contribution is 0.202. The van der Waals surface area contributed by atoms with E-state index >= 15 is 0 Å². The molecule has 0 aliphatic carbocycles. The van der Waals surface area contributed by atoms with Crippen LogP contribution in [-0.4, -0.2) is 34.7 Å². The summed E-state index contributed by atoms with van der Waals surface area (Å²) in [6, 6.07) is 4.99. The SMILES string of the molecule is Cn1c(=O)n(C)c2cc(C(O)CS(C)(=O)=O)ccc21. The summed E-state index contributed by atoms with van der Waals surface area (Å²) in [4.78, 5) is 11.8. The number of sulfone groups is 1. The molecule has 1 unspecified atom stereocenters. The predicted molar refractivity (Wildman–Crippen MR) is 72.8 cm³/mol. The van der Waals surface area contributed by atoms with Gasteiger partial charge in [-0.15, -0.1) is 0 Å². The molecule has 0 spiro atoms. The van der Waals surface area contributed by atoms with Crippen LogP contribution in [0.25, 0.3) is 11.0 Å². The van der Waals surface area contributed by atoms with Crippen LogP contribution in [-0.2, 0) is 23.9 Å². The normalized spacial score (nSPS) is 13.9. The van der Waals surface area contributed by atoms with Gasteiger partial charge in [0.05, 0.1) is 22.9 Å². The average molecular weight is 284 g/mol. The third kappa shape index (κ3) is 2.57. The topological polar surface area (TPSA) is 81.3 Å². The Morgan fingerprint density at radius 2 is 1.79 bits per heavy atom. The molecule has 2 rings (SSSR count). The molecule has 0 aliphatic rings. The Kier molecular flexibility index (Phi) is 3.27. The quantitative estimate of drug-likeness (QED) is 0.857. The summed E-state index contributed by atoms with van der Waals surface area (Å²) in [5.41, 5.74) is 1.73. The van der Waals surface area contributed by atoms with Crippen molar-refractivity contribution in [1.82, 2.24) is 9.13 Å². The van der Waals surface area contributed by atoms with Crippen molar-refractivity contribution >= 4 is 20.9 Å². The number of aryl methyl sites for hydroxylation is 2. The third-order valence-corrected chi connectivity index (χ3v) is 4.06. The van der Waals surface area contributed by atoms with Gasteiger partial charge in [-0.2, -0.15) is 0 Å². The van der Waals surface area contributed by atoms with Gasteiger partial charge < -0.3 is 5.11 Å². The first-order valence-corrected chi connectivity index (χ1v) is 7.78. The van der Waals surface area contributed by atoms with Crippen molar-refractivity contribution in [2.75, 3.05) is 12.0 Å². The molecular weight excluding hydrogens is 268 g/mol. The zero-order valence-corrected chi connectivity index (χ0v) is 11.8. The minimum atomic E-state index is -3.26. The average Bonchev–Trinajstić information content (AvgIpc) is 2.52. The lowest BCUT2D eigenvalue weighted by atomic mass is 10.1. The highest BCUT2D eigenvalue weighted by atomic mass is 32.2. The molecule has 1 aromatic heterocycles. The smallest absolute Gasteiger partial charge is 0.328 e. The first-order valence-electron chi connectivity index (χ1n) is 5.72. The van der Waals surface area contributed by atoms with Crippen LogP contribution in [0.3, 0.4) is 0 Å².